The normalized spacial score (nSPS) is 10.7. The second-order valence-electron chi connectivity index (χ2n) is 2.24. The van der Waals surface area contributed by atoms with E-state index in [1.54, 1.807) is 6.20 Å². The van der Waals surface area contributed by atoms with E-state index in [1.165, 1.54) is 6.08 Å². The Morgan fingerprint density at radius 3 is 2.33 bits per heavy atom. The van der Waals surface area contributed by atoms with Gasteiger partial charge in [-0.25, -0.2) is 0 Å². The maximum atomic E-state index is 9.82. The Morgan fingerprint density at radius 2 is 2.00 bits per heavy atom. The van der Waals surface area contributed by atoms with Crippen LogP contribution >= 0.6 is 0 Å². The predicted octanol–water partition coefficient (Wildman–Crippen LogP) is 1.04. The first-order valence-corrected chi connectivity index (χ1v) is 3.02. The van der Waals surface area contributed by atoms with Gasteiger partial charge >= 0.3 is 0 Å². The molecule has 0 aromatic carbocycles. The molecule has 0 fully saturated rings. The topological polar surface area (TPSA) is 20.3 Å². The summed E-state index contributed by atoms with van der Waals surface area (Å²) < 4.78 is 0. The highest BCUT2D eigenvalue weighted by molar-refractivity contribution is 5.64. The monoisotopic (exact) mass is 127 g/mol. The van der Waals surface area contributed by atoms with Crippen LogP contribution in [0.1, 0.15) is 13.8 Å². The number of rotatable bonds is 3. The molecule has 0 aliphatic rings. The lowest BCUT2D eigenvalue weighted by molar-refractivity contribution is -0.104. The van der Waals surface area contributed by atoms with Gasteiger partial charge in [-0.1, -0.05) is 0 Å². The fourth-order valence-electron chi connectivity index (χ4n) is 0.343. The average Bonchev–Trinajstić information content (AvgIpc) is 1.82. The van der Waals surface area contributed by atoms with Crippen molar-refractivity contribution in [2.24, 2.45) is 0 Å². The summed E-state index contributed by atoms with van der Waals surface area (Å²) in [4.78, 5) is 11.8. The lowest BCUT2D eigenvalue weighted by Gasteiger charge is -2.17. The summed E-state index contributed by atoms with van der Waals surface area (Å²) in [5.74, 6) is 0. The summed E-state index contributed by atoms with van der Waals surface area (Å²) in [6.45, 7) is 4.13. The van der Waals surface area contributed by atoms with Gasteiger partial charge in [-0.05, 0) is 19.9 Å². The first kappa shape index (κ1) is 8.21. The predicted molar refractivity (Wildman–Crippen MR) is 38.1 cm³/mol. The zero-order valence-electron chi connectivity index (χ0n) is 6.16. The number of nitrogens with zero attached hydrogens (tertiary/aromatic N) is 1. The first-order valence-electron chi connectivity index (χ1n) is 3.02. The lowest BCUT2D eigenvalue weighted by Crippen LogP contribution is -2.19. The van der Waals surface area contributed by atoms with Crippen LogP contribution in [0, 0.1) is 0 Å². The van der Waals surface area contributed by atoms with Crippen LogP contribution in [0.3, 0.4) is 0 Å². The van der Waals surface area contributed by atoms with Gasteiger partial charge < -0.3 is 4.90 Å². The molecule has 0 bridgehead atoms. The molecule has 9 heavy (non-hydrogen) atoms. The Bertz CT molecular complexity index is 107. The van der Waals surface area contributed by atoms with Crippen LogP contribution in [-0.2, 0) is 4.79 Å². The van der Waals surface area contributed by atoms with Gasteiger partial charge in [-0.2, -0.15) is 0 Å². The van der Waals surface area contributed by atoms with Gasteiger partial charge in [0.1, 0.15) is 6.29 Å². The minimum atomic E-state index is 0.459. The number of carbonyl (C=O) groups is 1. The molecule has 0 rings (SSSR count). The van der Waals surface area contributed by atoms with Gasteiger partial charge in [0, 0.05) is 19.3 Å². The molecule has 0 unspecified atom stereocenters. The van der Waals surface area contributed by atoms with Gasteiger partial charge in [0.25, 0.3) is 0 Å². The van der Waals surface area contributed by atoms with E-state index in [2.05, 4.69) is 13.8 Å². The number of carbonyl (C=O) groups excluding carboxylic acids is 1. The maximum Gasteiger partial charge on any atom is 0.144 e. The van der Waals surface area contributed by atoms with Crippen LogP contribution in [0.4, 0.5) is 0 Å². The quantitative estimate of drug-likeness (QED) is 0.417. The van der Waals surface area contributed by atoms with E-state index in [-0.39, 0.29) is 0 Å². The molecule has 0 aliphatic carbocycles. The number of hydrogen-bond acceptors (Lipinski definition) is 2. The van der Waals surface area contributed by atoms with Crippen molar-refractivity contribution < 1.29 is 4.79 Å². The molecule has 52 valence electrons. The van der Waals surface area contributed by atoms with Crippen LogP contribution < -0.4 is 0 Å². The molecule has 0 aliphatic heterocycles. The van der Waals surface area contributed by atoms with Crippen molar-refractivity contribution in [3.05, 3.63) is 12.3 Å². The van der Waals surface area contributed by atoms with Gasteiger partial charge in [0.05, 0.1) is 0 Å². The van der Waals surface area contributed by atoms with Gasteiger partial charge in [-0.3, -0.25) is 4.79 Å². The van der Waals surface area contributed by atoms with Crippen LogP contribution in [0.5, 0.6) is 0 Å². The molecule has 0 aromatic rings. The molecule has 2 heteroatoms. The highest BCUT2D eigenvalue weighted by Crippen LogP contribution is 1.91. The minimum absolute atomic E-state index is 0.459. The van der Waals surface area contributed by atoms with E-state index in [0.29, 0.717) is 6.04 Å². The van der Waals surface area contributed by atoms with E-state index >= 15 is 0 Å². The van der Waals surface area contributed by atoms with Crippen LogP contribution in [-0.4, -0.2) is 24.3 Å². The smallest absolute Gasteiger partial charge is 0.144 e. The average molecular weight is 127 g/mol. The fraction of sp³-hybridized carbons (Fsp3) is 0.571. The fourth-order valence-corrected chi connectivity index (χ4v) is 0.343. The Morgan fingerprint density at radius 1 is 1.44 bits per heavy atom. The summed E-state index contributed by atoms with van der Waals surface area (Å²) in [5.41, 5.74) is 0. The van der Waals surface area contributed by atoms with Gasteiger partial charge in [0.15, 0.2) is 0 Å². The van der Waals surface area contributed by atoms with Gasteiger partial charge in [-0.15, -0.1) is 0 Å². The Kier molecular flexibility index (Phi) is 3.76. The molecular formula is C7H13NO. The largest absolute Gasteiger partial charge is 0.378 e. The van der Waals surface area contributed by atoms with E-state index in [4.69, 9.17) is 0 Å². The van der Waals surface area contributed by atoms with Crippen molar-refractivity contribution in [1.29, 1.82) is 0 Å². The second kappa shape index (κ2) is 4.13. The molecule has 0 radical (unpaired) electrons. The maximum absolute atomic E-state index is 9.82. The Hall–Kier alpha value is -0.790. The molecular weight excluding hydrogens is 114 g/mol. The third kappa shape index (κ3) is 3.76. The Balaban J connectivity index is 3.61. The third-order valence-corrected chi connectivity index (χ3v) is 1.21. The van der Waals surface area contributed by atoms with Crippen molar-refractivity contribution in [2.45, 2.75) is 19.9 Å². The molecule has 0 amide bonds. The van der Waals surface area contributed by atoms with Crippen molar-refractivity contribution in [2.75, 3.05) is 7.05 Å². The van der Waals surface area contributed by atoms with Crippen LogP contribution in [0.2, 0.25) is 0 Å². The molecule has 0 spiro atoms. The van der Waals surface area contributed by atoms with E-state index in [0.717, 1.165) is 6.29 Å². The molecule has 2 nitrogen and oxygen atoms in total. The van der Waals surface area contributed by atoms with Crippen molar-refractivity contribution >= 4 is 6.29 Å². The highest BCUT2D eigenvalue weighted by Gasteiger charge is 1.93. The number of allylic oxidation sites excluding steroid dienone is 1. The molecule has 0 N–H and O–H groups in total. The molecule has 0 aromatic heterocycles. The second-order valence-corrected chi connectivity index (χ2v) is 2.24. The lowest BCUT2D eigenvalue weighted by atomic mass is 10.4. The third-order valence-electron chi connectivity index (χ3n) is 1.21. The summed E-state index contributed by atoms with van der Waals surface area (Å²) in [7, 11) is 1.94. The van der Waals surface area contributed by atoms with Crippen LogP contribution in [0.15, 0.2) is 12.3 Å². The van der Waals surface area contributed by atoms with Gasteiger partial charge in [0.2, 0.25) is 0 Å². The van der Waals surface area contributed by atoms with Crippen LogP contribution in [0.25, 0.3) is 0 Å². The van der Waals surface area contributed by atoms with E-state index < -0.39 is 0 Å². The summed E-state index contributed by atoms with van der Waals surface area (Å²) in [6, 6.07) is 0.459. The molecule has 0 saturated heterocycles. The molecule has 0 atom stereocenters. The number of aldehydes is 1. The molecule has 0 heterocycles. The number of hydrogen-bond donors (Lipinski definition) is 0. The molecule has 0 saturated carbocycles. The standard InChI is InChI=1S/C7H13NO/c1-7(2)8(3)5-4-6-9/h4-7H,1-3H3/b5-4+. The zero-order valence-corrected chi connectivity index (χ0v) is 6.16. The van der Waals surface area contributed by atoms with Crippen molar-refractivity contribution in [1.82, 2.24) is 4.90 Å². The first-order chi connectivity index (χ1) is 4.18. The van der Waals surface area contributed by atoms with Crippen molar-refractivity contribution in [3.8, 4) is 0 Å². The SMILES string of the molecule is CC(C)N(C)/C=C/C=O. The Labute approximate surface area is 56.2 Å². The zero-order chi connectivity index (χ0) is 7.28. The minimum Gasteiger partial charge on any atom is -0.378 e. The van der Waals surface area contributed by atoms with E-state index in [9.17, 15) is 4.79 Å². The summed E-state index contributed by atoms with van der Waals surface area (Å²) >= 11 is 0. The summed E-state index contributed by atoms with van der Waals surface area (Å²) in [5, 5.41) is 0. The van der Waals surface area contributed by atoms with E-state index in [1.807, 2.05) is 11.9 Å². The summed E-state index contributed by atoms with van der Waals surface area (Å²) in [6.07, 6.45) is 4.02. The highest BCUT2D eigenvalue weighted by atomic mass is 16.1. The van der Waals surface area contributed by atoms with Crippen molar-refractivity contribution in [3.63, 3.8) is 0 Å².